The molecule has 0 amide bonds. The van der Waals surface area contributed by atoms with Gasteiger partial charge in [0.15, 0.2) is 11.6 Å². The maximum atomic E-state index is 9.54. The van der Waals surface area contributed by atoms with Crippen LogP contribution in [0.1, 0.15) is 17.2 Å². The lowest BCUT2D eigenvalue weighted by atomic mass is 10.1. The average molecular weight is 307 g/mol. The van der Waals surface area contributed by atoms with E-state index in [1.807, 2.05) is 27.3 Å². The second kappa shape index (κ2) is 4.97. The van der Waals surface area contributed by atoms with Gasteiger partial charge in [-0.15, -0.1) is 16.6 Å². The summed E-state index contributed by atoms with van der Waals surface area (Å²) in [6, 6.07) is 5.70. The number of methoxy groups -OCH3 is 1. The lowest BCUT2D eigenvalue weighted by molar-refractivity contribution is 0.265. The first-order valence-electron chi connectivity index (χ1n) is 7.01. The van der Waals surface area contributed by atoms with Crippen molar-refractivity contribution < 1.29 is 9.84 Å². The van der Waals surface area contributed by atoms with Gasteiger partial charge in [0.25, 0.3) is 0 Å². The lowest BCUT2D eigenvalue weighted by Gasteiger charge is -2.09. The minimum atomic E-state index is -0.203. The van der Waals surface area contributed by atoms with Gasteiger partial charge in [-0.3, -0.25) is 4.57 Å². The Hall–Kier alpha value is -3.11. The number of terminal acetylenes is 1. The first kappa shape index (κ1) is 13.5. The Balaban J connectivity index is 2.08. The maximum absolute atomic E-state index is 9.54. The number of nitrogens with zero attached hydrogens (tertiary/aromatic N) is 5. The van der Waals surface area contributed by atoms with Crippen LogP contribution in [-0.4, -0.2) is 36.5 Å². The van der Waals surface area contributed by atoms with Gasteiger partial charge in [-0.25, -0.2) is 4.98 Å². The van der Waals surface area contributed by atoms with Crippen LogP contribution in [-0.2, 0) is 13.2 Å². The molecule has 0 saturated carbocycles. The molecule has 2 aromatic heterocycles. The van der Waals surface area contributed by atoms with Crippen molar-refractivity contribution in [1.82, 2.24) is 24.3 Å². The third-order valence-corrected chi connectivity index (χ3v) is 3.98. The number of fused-ring (bicyclic) bond motifs is 5. The normalized spacial score (nSPS) is 11.9. The Bertz CT molecular complexity index is 948. The van der Waals surface area contributed by atoms with E-state index in [0.29, 0.717) is 29.6 Å². The second-order valence-corrected chi connectivity index (χ2v) is 5.12. The fraction of sp³-hybridized carbons (Fsp3) is 0.188. The highest BCUT2D eigenvalue weighted by molar-refractivity contribution is 5.71. The molecule has 1 aliphatic heterocycles. The molecule has 0 aliphatic carbocycles. The van der Waals surface area contributed by atoms with Crippen molar-refractivity contribution in [3.05, 3.63) is 41.7 Å². The van der Waals surface area contributed by atoms with Gasteiger partial charge in [-0.2, -0.15) is 0 Å². The van der Waals surface area contributed by atoms with E-state index in [0.717, 1.165) is 16.9 Å². The van der Waals surface area contributed by atoms with Crippen molar-refractivity contribution >= 4 is 0 Å². The van der Waals surface area contributed by atoms with Crippen molar-refractivity contribution in [1.29, 1.82) is 0 Å². The third-order valence-electron chi connectivity index (χ3n) is 3.98. The number of aromatic nitrogens is 5. The average Bonchev–Trinajstić information content (AvgIpc) is 3.15. The zero-order chi connectivity index (χ0) is 16.0. The monoisotopic (exact) mass is 307 g/mol. The van der Waals surface area contributed by atoms with Gasteiger partial charge in [-0.05, 0) is 24.1 Å². The van der Waals surface area contributed by atoms with E-state index in [4.69, 9.17) is 11.2 Å². The summed E-state index contributed by atoms with van der Waals surface area (Å²) in [4.78, 5) is 4.29. The molecular weight excluding hydrogens is 294 g/mol. The van der Waals surface area contributed by atoms with Crippen LogP contribution in [0.15, 0.2) is 24.5 Å². The number of aliphatic hydroxyl groups is 1. The topological polar surface area (TPSA) is 78.0 Å². The van der Waals surface area contributed by atoms with Crippen molar-refractivity contribution in [3.8, 4) is 35.2 Å². The van der Waals surface area contributed by atoms with Crippen LogP contribution < -0.4 is 4.74 Å². The third kappa shape index (κ3) is 1.86. The van der Waals surface area contributed by atoms with E-state index in [9.17, 15) is 5.11 Å². The van der Waals surface area contributed by atoms with Gasteiger partial charge < -0.3 is 14.4 Å². The van der Waals surface area contributed by atoms with Crippen LogP contribution in [0, 0.1) is 12.3 Å². The largest absolute Gasteiger partial charge is 0.497 e. The van der Waals surface area contributed by atoms with Gasteiger partial charge in [0.2, 0.25) is 0 Å². The number of benzene rings is 1. The molecule has 0 bridgehead atoms. The van der Waals surface area contributed by atoms with Crippen LogP contribution >= 0.6 is 0 Å². The molecule has 7 heteroatoms. The quantitative estimate of drug-likeness (QED) is 0.558. The van der Waals surface area contributed by atoms with Crippen LogP contribution in [0.4, 0.5) is 0 Å². The smallest absolute Gasteiger partial charge is 0.166 e. The summed E-state index contributed by atoms with van der Waals surface area (Å²) in [5.74, 6) is 4.46. The first-order valence-corrected chi connectivity index (χ1v) is 7.01. The fourth-order valence-corrected chi connectivity index (χ4v) is 2.85. The highest BCUT2D eigenvalue weighted by Gasteiger charge is 2.25. The number of imidazole rings is 1. The van der Waals surface area contributed by atoms with E-state index in [-0.39, 0.29) is 6.61 Å². The molecule has 0 unspecified atom stereocenters. The first-order chi connectivity index (χ1) is 11.3. The van der Waals surface area contributed by atoms with E-state index < -0.39 is 0 Å². The molecule has 0 saturated heterocycles. The fourth-order valence-electron chi connectivity index (χ4n) is 2.85. The molecule has 0 radical (unpaired) electrons. The Morgan fingerprint density at radius 2 is 2.26 bits per heavy atom. The van der Waals surface area contributed by atoms with Gasteiger partial charge in [-0.1, -0.05) is 0 Å². The van der Waals surface area contributed by atoms with E-state index in [1.54, 1.807) is 13.4 Å². The van der Waals surface area contributed by atoms with Crippen molar-refractivity contribution in [3.63, 3.8) is 0 Å². The molecule has 23 heavy (non-hydrogen) atoms. The lowest BCUT2D eigenvalue weighted by Crippen LogP contribution is -2.08. The second-order valence-electron chi connectivity index (χ2n) is 5.12. The number of hydrogen-bond donors (Lipinski definition) is 1. The SMILES string of the molecule is C#Cc1ncn2c1Cn1c(CO)nnc1-c1cc(OC)ccc1-2. The van der Waals surface area contributed by atoms with Gasteiger partial charge in [0, 0.05) is 5.56 Å². The Labute approximate surface area is 132 Å². The summed E-state index contributed by atoms with van der Waals surface area (Å²) < 4.78 is 9.11. The standard InChI is InChI=1S/C16H13N5O2/c1-3-12-14-7-20-15(8-22)18-19-16(20)11-6-10(23-2)4-5-13(11)21(14)9-17-12/h1,4-6,9,22H,7-8H2,2H3. The zero-order valence-electron chi connectivity index (χ0n) is 12.4. The van der Waals surface area contributed by atoms with E-state index in [2.05, 4.69) is 21.1 Å². The Morgan fingerprint density at radius 1 is 1.39 bits per heavy atom. The van der Waals surface area contributed by atoms with Crippen molar-refractivity contribution in [2.24, 2.45) is 0 Å². The van der Waals surface area contributed by atoms with Crippen LogP contribution in [0.5, 0.6) is 5.75 Å². The molecule has 3 heterocycles. The predicted octanol–water partition coefficient (Wildman–Crippen LogP) is 0.975. The van der Waals surface area contributed by atoms with Crippen LogP contribution in [0.25, 0.3) is 17.1 Å². The highest BCUT2D eigenvalue weighted by atomic mass is 16.5. The Kier molecular flexibility index (Phi) is 2.93. The van der Waals surface area contributed by atoms with Gasteiger partial charge in [0.05, 0.1) is 25.0 Å². The minimum Gasteiger partial charge on any atom is -0.497 e. The molecule has 1 aromatic carbocycles. The van der Waals surface area contributed by atoms with E-state index in [1.165, 1.54) is 0 Å². The van der Waals surface area contributed by atoms with Crippen molar-refractivity contribution in [2.75, 3.05) is 7.11 Å². The number of ether oxygens (including phenoxy) is 1. The molecule has 0 spiro atoms. The molecule has 0 fully saturated rings. The van der Waals surface area contributed by atoms with Gasteiger partial charge in [0.1, 0.15) is 24.4 Å². The minimum absolute atomic E-state index is 0.203. The molecule has 4 rings (SSSR count). The maximum Gasteiger partial charge on any atom is 0.166 e. The summed E-state index contributed by atoms with van der Waals surface area (Å²) in [5, 5.41) is 17.8. The number of rotatable bonds is 2. The zero-order valence-corrected chi connectivity index (χ0v) is 12.4. The highest BCUT2D eigenvalue weighted by Crippen LogP contribution is 2.34. The summed E-state index contributed by atoms with van der Waals surface area (Å²) in [6.07, 6.45) is 7.27. The number of aliphatic hydroxyl groups excluding tert-OH is 1. The molecule has 7 nitrogen and oxygen atoms in total. The molecule has 0 atom stereocenters. The van der Waals surface area contributed by atoms with Gasteiger partial charge >= 0.3 is 0 Å². The predicted molar refractivity (Wildman–Crippen MR) is 82.1 cm³/mol. The molecular formula is C16H13N5O2. The summed E-state index contributed by atoms with van der Waals surface area (Å²) >= 11 is 0. The molecule has 1 N–H and O–H groups in total. The molecule has 3 aromatic rings. The molecule has 1 aliphatic rings. The number of hydrogen-bond acceptors (Lipinski definition) is 5. The summed E-state index contributed by atoms with van der Waals surface area (Å²) in [5.41, 5.74) is 3.16. The Morgan fingerprint density at radius 3 is 3.00 bits per heavy atom. The van der Waals surface area contributed by atoms with E-state index >= 15 is 0 Å². The molecule has 114 valence electrons. The van der Waals surface area contributed by atoms with Crippen LogP contribution in [0.3, 0.4) is 0 Å². The summed E-state index contributed by atoms with van der Waals surface area (Å²) in [7, 11) is 1.61. The summed E-state index contributed by atoms with van der Waals surface area (Å²) in [6.45, 7) is 0.237. The van der Waals surface area contributed by atoms with Crippen LogP contribution in [0.2, 0.25) is 0 Å². The van der Waals surface area contributed by atoms with Crippen molar-refractivity contribution in [2.45, 2.75) is 13.2 Å².